The van der Waals surface area contributed by atoms with E-state index in [9.17, 15) is 14.4 Å². The first kappa shape index (κ1) is 30.8. The van der Waals surface area contributed by atoms with Crippen LogP contribution in [-0.4, -0.2) is 37.2 Å². The fourth-order valence-corrected chi connectivity index (χ4v) is 4.52. The van der Waals surface area contributed by atoms with Gasteiger partial charge in [0.25, 0.3) is 11.8 Å². The molecule has 0 bridgehead atoms. The van der Waals surface area contributed by atoms with Gasteiger partial charge in [0.1, 0.15) is 17.3 Å². The Balaban J connectivity index is 0.00000423. The Morgan fingerprint density at radius 3 is 2.60 bits per heavy atom. The van der Waals surface area contributed by atoms with Gasteiger partial charge >= 0.3 is 5.97 Å². The second-order valence-electron chi connectivity index (χ2n) is 9.21. The number of nitrogens with one attached hydrogen (secondary N) is 1. The molecule has 0 fully saturated rings. The van der Waals surface area contributed by atoms with Gasteiger partial charge in [-0.1, -0.05) is 31.2 Å². The minimum atomic E-state index is -0.478. The van der Waals surface area contributed by atoms with E-state index in [4.69, 9.17) is 25.5 Å². The van der Waals surface area contributed by atoms with Crippen molar-refractivity contribution in [1.29, 1.82) is 0 Å². The first-order valence-corrected chi connectivity index (χ1v) is 13.4. The fourth-order valence-electron chi connectivity index (χ4n) is 4.32. The summed E-state index contributed by atoms with van der Waals surface area (Å²) in [5, 5.41) is 8.73. The third kappa shape index (κ3) is 6.68. The van der Waals surface area contributed by atoms with Crippen LogP contribution in [0.15, 0.2) is 94.0 Å². The Morgan fingerprint density at radius 2 is 1.84 bits per heavy atom. The van der Waals surface area contributed by atoms with Gasteiger partial charge in [-0.2, -0.15) is 10.1 Å². The number of nitrogens with zero attached hydrogens (tertiary/aromatic N) is 2. The van der Waals surface area contributed by atoms with Gasteiger partial charge in [0.15, 0.2) is 0 Å². The highest BCUT2D eigenvalue weighted by atomic mass is 35.5. The number of hydrazone groups is 1. The van der Waals surface area contributed by atoms with Crippen LogP contribution in [0.2, 0.25) is 5.02 Å². The lowest BCUT2D eigenvalue weighted by Gasteiger charge is -2.12. The van der Waals surface area contributed by atoms with E-state index in [0.29, 0.717) is 51.1 Å². The molecule has 0 atom stereocenters. The number of esters is 1. The van der Waals surface area contributed by atoms with Crippen LogP contribution in [0.5, 0.6) is 5.75 Å². The van der Waals surface area contributed by atoms with Crippen LogP contribution >= 0.6 is 11.6 Å². The molecule has 1 N–H and O–H groups in total. The standard InChI is InChI=1S/C32H26ClN3O6.CH4/c1-4-41-32(39)21-7-5-9-23(15-21)36-31(38)26(19(2)35-36)18-25-12-14-29(42-25)20-11-13-28(33)27(16-20)30(37)34-22-8-6-10-24(17-22)40-3;/h5-18H,4H2,1-3H3,(H,34,37);1H4/b26-18-;. The maximum Gasteiger partial charge on any atom is 0.338 e. The lowest BCUT2D eigenvalue weighted by molar-refractivity contribution is -0.114. The molecular formula is C33H30ClN3O6. The minimum absolute atomic E-state index is 0. The fraction of sp³-hybridized carbons (Fsp3) is 0.152. The first-order valence-electron chi connectivity index (χ1n) is 13.0. The Bertz CT molecular complexity index is 1760. The number of anilines is 2. The van der Waals surface area contributed by atoms with Gasteiger partial charge in [-0.15, -0.1) is 0 Å². The lowest BCUT2D eigenvalue weighted by Crippen LogP contribution is -2.21. The molecule has 9 nitrogen and oxygen atoms in total. The number of carbonyl (C=O) groups is 3. The molecule has 4 aromatic rings. The molecule has 2 heterocycles. The van der Waals surface area contributed by atoms with Crippen molar-refractivity contribution < 1.29 is 28.3 Å². The number of carbonyl (C=O) groups excluding carboxylic acids is 3. The summed E-state index contributed by atoms with van der Waals surface area (Å²) in [6, 6.07) is 22.0. The lowest BCUT2D eigenvalue weighted by atomic mass is 10.1. The Morgan fingerprint density at radius 1 is 1.05 bits per heavy atom. The zero-order chi connectivity index (χ0) is 29.8. The predicted molar refractivity (Wildman–Crippen MR) is 168 cm³/mol. The first-order chi connectivity index (χ1) is 20.3. The second kappa shape index (κ2) is 13.2. The number of furan rings is 1. The van der Waals surface area contributed by atoms with Crippen LogP contribution in [-0.2, 0) is 9.53 Å². The van der Waals surface area contributed by atoms with Crippen LogP contribution in [0.1, 0.15) is 47.8 Å². The van der Waals surface area contributed by atoms with Gasteiger partial charge in [-0.05, 0) is 80.6 Å². The Kier molecular flexibility index (Phi) is 9.47. The van der Waals surface area contributed by atoms with E-state index in [1.54, 1.807) is 106 Å². The number of methoxy groups -OCH3 is 1. The zero-order valence-electron chi connectivity index (χ0n) is 23.0. The number of hydrogen-bond acceptors (Lipinski definition) is 7. The number of hydrogen-bond donors (Lipinski definition) is 1. The largest absolute Gasteiger partial charge is 0.497 e. The molecule has 5 rings (SSSR count). The van der Waals surface area contributed by atoms with Gasteiger partial charge < -0.3 is 19.2 Å². The zero-order valence-corrected chi connectivity index (χ0v) is 23.8. The monoisotopic (exact) mass is 599 g/mol. The van der Waals surface area contributed by atoms with E-state index in [1.165, 1.54) is 5.01 Å². The van der Waals surface area contributed by atoms with E-state index in [1.807, 2.05) is 0 Å². The van der Waals surface area contributed by atoms with Crippen molar-refractivity contribution >= 4 is 52.5 Å². The summed E-state index contributed by atoms with van der Waals surface area (Å²) >= 11 is 6.35. The van der Waals surface area contributed by atoms with Gasteiger partial charge in [0.2, 0.25) is 0 Å². The van der Waals surface area contributed by atoms with Gasteiger partial charge in [0.05, 0.1) is 46.8 Å². The van der Waals surface area contributed by atoms with Gasteiger partial charge in [-0.3, -0.25) is 9.59 Å². The highest BCUT2D eigenvalue weighted by Gasteiger charge is 2.29. The third-order valence-corrected chi connectivity index (χ3v) is 6.73. The number of rotatable bonds is 8. The molecule has 10 heteroatoms. The molecule has 3 aromatic carbocycles. The summed E-state index contributed by atoms with van der Waals surface area (Å²) in [6.45, 7) is 3.69. The molecule has 0 saturated heterocycles. The summed E-state index contributed by atoms with van der Waals surface area (Å²) in [5.41, 5.74) is 3.04. The van der Waals surface area contributed by atoms with Crippen molar-refractivity contribution in [2.75, 3.05) is 24.0 Å². The van der Waals surface area contributed by atoms with Crippen LogP contribution in [0.3, 0.4) is 0 Å². The maximum atomic E-state index is 13.3. The van der Waals surface area contributed by atoms with Crippen molar-refractivity contribution in [1.82, 2.24) is 0 Å². The van der Waals surface area contributed by atoms with Gasteiger partial charge in [-0.25, -0.2) is 4.79 Å². The van der Waals surface area contributed by atoms with Crippen molar-refractivity contribution in [3.8, 4) is 17.1 Å². The molecular weight excluding hydrogens is 570 g/mol. The molecule has 0 aliphatic carbocycles. The van der Waals surface area contributed by atoms with E-state index < -0.39 is 5.97 Å². The highest BCUT2D eigenvalue weighted by Crippen LogP contribution is 2.30. The smallest absolute Gasteiger partial charge is 0.338 e. The van der Waals surface area contributed by atoms with Crippen molar-refractivity contribution in [3.05, 3.63) is 106 Å². The molecule has 2 amide bonds. The van der Waals surface area contributed by atoms with Crippen LogP contribution < -0.4 is 15.1 Å². The molecule has 0 radical (unpaired) electrons. The predicted octanol–water partition coefficient (Wildman–Crippen LogP) is 7.48. The highest BCUT2D eigenvalue weighted by molar-refractivity contribution is 6.34. The maximum absolute atomic E-state index is 13.3. The van der Waals surface area contributed by atoms with Crippen molar-refractivity contribution in [2.45, 2.75) is 21.3 Å². The second-order valence-corrected chi connectivity index (χ2v) is 9.62. The normalized spacial score (nSPS) is 13.4. The summed E-state index contributed by atoms with van der Waals surface area (Å²) in [7, 11) is 1.55. The number of benzene rings is 3. The van der Waals surface area contributed by atoms with Crippen molar-refractivity contribution in [3.63, 3.8) is 0 Å². The molecule has 1 aliphatic heterocycles. The third-order valence-electron chi connectivity index (χ3n) is 6.40. The average Bonchev–Trinajstić information content (AvgIpc) is 3.58. The number of ether oxygens (including phenoxy) is 2. The Hall–Kier alpha value is -5.15. The molecule has 1 aliphatic rings. The van der Waals surface area contributed by atoms with Crippen LogP contribution in [0.4, 0.5) is 11.4 Å². The molecule has 220 valence electrons. The van der Waals surface area contributed by atoms with E-state index >= 15 is 0 Å². The van der Waals surface area contributed by atoms with Crippen LogP contribution in [0.25, 0.3) is 17.4 Å². The van der Waals surface area contributed by atoms with Gasteiger partial charge in [0, 0.05) is 17.3 Å². The quantitative estimate of drug-likeness (QED) is 0.166. The SMILES string of the molecule is C.CCOC(=O)c1cccc(N2N=C(C)/C(=C/c3ccc(-c4ccc(Cl)c(C(=O)Nc5cccc(OC)c5)c4)o3)C2=O)c1. The number of amides is 2. The average molecular weight is 600 g/mol. The van der Waals surface area contributed by atoms with E-state index in [-0.39, 0.29) is 36.4 Å². The molecule has 0 saturated carbocycles. The molecule has 1 aromatic heterocycles. The summed E-state index contributed by atoms with van der Waals surface area (Å²) < 4.78 is 16.3. The topological polar surface area (TPSA) is 110 Å². The summed E-state index contributed by atoms with van der Waals surface area (Å²) in [4.78, 5) is 38.4. The molecule has 0 spiro atoms. The van der Waals surface area contributed by atoms with Crippen LogP contribution in [0, 0.1) is 0 Å². The van der Waals surface area contributed by atoms with E-state index in [2.05, 4.69) is 10.4 Å². The minimum Gasteiger partial charge on any atom is -0.497 e. The molecule has 43 heavy (non-hydrogen) atoms. The Labute approximate surface area is 254 Å². The van der Waals surface area contributed by atoms with Crippen molar-refractivity contribution in [2.24, 2.45) is 5.10 Å². The summed E-state index contributed by atoms with van der Waals surface area (Å²) in [6.07, 6.45) is 1.60. The summed E-state index contributed by atoms with van der Waals surface area (Å²) in [5.74, 6) is 0.275. The number of halogens is 1. The van der Waals surface area contributed by atoms with E-state index in [0.717, 1.165) is 0 Å². The molecule has 0 unspecified atom stereocenters.